The molecule has 2 atom stereocenters. The summed E-state index contributed by atoms with van der Waals surface area (Å²) in [5.74, 6) is -0.301. The first-order chi connectivity index (χ1) is 18.1. The summed E-state index contributed by atoms with van der Waals surface area (Å²) >= 11 is 0. The summed E-state index contributed by atoms with van der Waals surface area (Å²) in [7, 11) is 0. The fourth-order valence-electron chi connectivity index (χ4n) is 7.26. The van der Waals surface area contributed by atoms with E-state index < -0.39 is 5.91 Å². The largest absolute Gasteiger partial charge is 0.366 e. The lowest BCUT2D eigenvalue weighted by Crippen LogP contribution is -2.50. The lowest BCUT2D eigenvalue weighted by atomic mass is 9.89. The number of amides is 1. The number of rotatable bonds is 5. The molecule has 3 aliphatic rings. The Morgan fingerprint density at radius 2 is 1.46 bits per heavy atom. The van der Waals surface area contributed by atoms with Crippen molar-refractivity contribution in [1.29, 1.82) is 0 Å². The highest BCUT2D eigenvalue weighted by molar-refractivity contribution is 5.99. The Morgan fingerprint density at radius 3 is 2.19 bits per heavy atom. The van der Waals surface area contributed by atoms with Crippen LogP contribution in [0.15, 0.2) is 53.3 Å². The van der Waals surface area contributed by atoms with Crippen LogP contribution in [-0.4, -0.2) is 38.5 Å². The minimum absolute atomic E-state index is 0.134. The maximum atomic E-state index is 14.0. The number of nitrogens with one attached hydrogen (secondary N) is 1. The van der Waals surface area contributed by atoms with E-state index in [1.165, 1.54) is 57.8 Å². The molecule has 1 aromatic heterocycles. The molecular formula is C30H37N5O2. The zero-order chi connectivity index (χ0) is 25.4. The van der Waals surface area contributed by atoms with Crippen LogP contribution in [0.5, 0.6) is 0 Å². The number of nitrogens with two attached hydrogens (primary N) is 1. The van der Waals surface area contributed by atoms with Crippen LogP contribution in [0.2, 0.25) is 0 Å². The molecule has 3 N–H and O–H groups in total. The van der Waals surface area contributed by atoms with Crippen molar-refractivity contribution in [2.24, 2.45) is 5.73 Å². The first kappa shape index (κ1) is 24.2. The standard InChI is InChI=1S/C30H37N5O2/c31-28(36)24-12-6-7-13-25(24)32-29-30(37)35(27-15-9-8-14-26(27)33-29)23-18-21-16-17-22(19-23)34(21)20-10-4-2-1-3-5-11-20/h6-9,12-15,20-23H,1-5,10-11,16-19H2,(H2,31,36)(H,32,33). The van der Waals surface area contributed by atoms with Crippen LogP contribution in [0, 0.1) is 0 Å². The van der Waals surface area contributed by atoms with Crippen molar-refractivity contribution in [1.82, 2.24) is 14.5 Å². The average molecular weight is 500 g/mol. The van der Waals surface area contributed by atoms with Gasteiger partial charge in [-0.05, 0) is 62.8 Å². The number of para-hydroxylation sites is 3. The highest BCUT2D eigenvalue weighted by atomic mass is 16.1. The zero-order valence-electron chi connectivity index (χ0n) is 21.4. The van der Waals surface area contributed by atoms with E-state index in [-0.39, 0.29) is 17.4 Å². The SMILES string of the molecule is NC(=O)c1ccccc1Nc1nc2ccccc2n(C2CC3CCC(C2)N3C2CCCCCCC2)c1=O. The van der Waals surface area contributed by atoms with Crippen LogP contribution in [0.4, 0.5) is 11.5 Å². The Kier molecular flexibility index (Phi) is 6.72. The first-order valence-electron chi connectivity index (χ1n) is 14.0. The molecule has 6 rings (SSSR count). The van der Waals surface area contributed by atoms with E-state index in [4.69, 9.17) is 5.73 Å². The fraction of sp³-hybridized carbons (Fsp3) is 0.500. The molecule has 0 spiro atoms. The van der Waals surface area contributed by atoms with Gasteiger partial charge >= 0.3 is 0 Å². The molecule has 3 heterocycles. The Labute approximate surface area is 218 Å². The van der Waals surface area contributed by atoms with Crippen LogP contribution < -0.4 is 16.6 Å². The number of carbonyl (C=O) groups is 1. The van der Waals surface area contributed by atoms with Crippen molar-refractivity contribution in [2.45, 2.75) is 94.8 Å². The molecule has 2 saturated heterocycles. The summed E-state index contributed by atoms with van der Waals surface area (Å²) in [5.41, 5.74) is 7.95. The molecule has 2 aliphatic heterocycles. The molecule has 37 heavy (non-hydrogen) atoms. The number of anilines is 2. The fourth-order valence-corrected chi connectivity index (χ4v) is 7.26. The molecule has 3 aromatic rings. The smallest absolute Gasteiger partial charge is 0.294 e. The minimum Gasteiger partial charge on any atom is -0.366 e. The third-order valence-electron chi connectivity index (χ3n) is 8.87. The second-order valence-corrected chi connectivity index (χ2v) is 11.1. The van der Waals surface area contributed by atoms with Gasteiger partial charge in [0.05, 0.1) is 22.3 Å². The molecule has 2 aromatic carbocycles. The van der Waals surface area contributed by atoms with Gasteiger partial charge < -0.3 is 15.6 Å². The number of fused-ring (bicyclic) bond motifs is 3. The quantitative estimate of drug-likeness (QED) is 0.482. The molecule has 1 aliphatic carbocycles. The van der Waals surface area contributed by atoms with Gasteiger partial charge in [-0.25, -0.2) is 4.98 Å². The molecule has 0 radical (unpaired) electrons. The molecular weight excluding hydrogens is 462 g/mol. The molecule has 1 amide bonds. The average Bonchev–Trinajstić information content (AvgIpc) is 3.13. The highest BCUT2D eigenvalue weighted by Gasteiger charge is 2.44. The maximum Gasteiger partial charge on any atom is 0.294 e. The van der Waals surface area contributed by atoms with Gasteiger partial charge in [0.2, 0.25) is 0 Å². The minimum atomic E-state index is -0.539. The van der Waals surface area contributed by atoms with E-state index in [0.29, 0.717) is 29.4 Å². The number of hydrogen-bond acceptors (Lipinski definition) is 5. The van der Waals surface area contributed by atoms with E-state index in [2.05, 4.69) is 15.2 Å². The lowest BCUT2D eigenvalue weighted by Gasteiger charge is -2.45. The second kappa shape index (κ2) is 10.3. The van der Waals surface area contributed by atoms with E-state index in [9.17, 15) is 9.59 Å². The van der Waals surface area contributed by atoms with Gasteiger partial charge in [0.1, 0.15) is 0 Å². The van der Waals surface area contributed by atoms with Crippen LogP contribution in [0.25, 0.3) is 11.0 Å². The van der Waals surface area contributed by atoms with Gasteiger partial charge in [-0.2, -0.15) is 0 Å². The van der Waals surface area contributed by atoms with E-state index in [1.807, 2.05) is 34.9 Å². The summed E-state index contributed by atoms with van der Waals surface area (Å²) in [5, 5.41) is 3.15. The number of carbonyl (C=O) groups excluding carboxylic acids is 1. The predicted molar refractivity (Wildman–Crippen MR) is 147 cm³/mol. The monoisotopic (exact) mass is 499 g/mol. The van der Waals surface area contributed by atoms with Crippen molar-refractivity contribution in [2.75, 3.05) is 5.32 Å². The Hall–Kier alpha value is -3.19. The number of aromatic nitrogens is 2. The number of nitrogens with zero attached hydrogens (tertiary/aromatic N) is 3. The summed E-state index contributed by atoms with van der Waals surface area (Å²) in [6.45, 7) is 0. The molecule has 3 fully saturated rings. The van der Waals surface area contributed by atoms with Crippen molar-refractivity contribution in [3.05, 3.63) is 64.4 Å². The van der Waals surface area contributed by atoms with Crippen molar-refractivity contribution in [3.63, 3.8) is 0 Å². The second-order valence-electron chi connectivity index (χ2n) is 11.1. The summed E-state index contributed by atoms with van der Waals surface area (Å²) in [6.07, 6.45) is 13.9. The summed E-state index contributed by atoms with van der Waals surface area (Å²) in [4.78, 5) is 33.5. The molecule has 1 saturated carbocycles. The van der Waals surface area contributed by atoms with Gasteiger partial charge in [-0.15, -0.1) is 0 Å². The van der Waals surface area contributed by atoms with Crippen molar-refractivity contribution < 1.29 is 4.79 Å². The van der Waals surface area contributed by atoms with E-state index in [1.54, 1.807) is 18.2 Å². The first-order valence-corrected chi connectivity index (χ1v) is 14.0. The van der Waals surface area contributed by atoms with Gasteiger partial charge in [-0.1, -0.05) is 56.4 Å². The normalized spacial score (nSPS) is 25.0. The third kappa shape index (κ3) is 4.65. The zero-order valence-corrected chi connectivity index (χ0v) is 21.4. The van der Waals surface area contributed by atoms with Crippen molar-refractivity contribution in [3.8, 4) is 0 Å². The Bertz CT molecular complexity index is 1330. The number of hydrogen-bond donors (Lipinski definition) is 2. The number of benzene rings is 2. The highest BCUT2D eigenvalue weighted by Crippen LogP contribution is 2.44. The number of piperidine rings is 1. The van der Waals surface area contributed by atoms with E-state index >= 15 is 0 Å². The number of primary amides is 1. The molecule has 2 bridgehead atoms. The van der Waals surface area contributed by atoms with Crippen LogP contribution >= 0.6 is 0 Å². The van der Waals surface area contributed by atoms with Crippen LogP contribution in [-0.2, 0) is 0 Å². The Morgan fingerprint density at radius 1 is 0.811 bits per heavy atom. The van der Waals surface area contributed by atoms with Crippen LogP contribution in [0.1, 0.15) is 87.0 Å². The predicted octanol–water partition coefficient (Wildman–Crippen LogP) is 5.52. The van der Waals surface area contributed by atoms with Gasteiger partial charge in [-0.3, -0.25) is 14.5 Å². The maximum absolute atomic E-state index is 14.0. The Balaban J connectivity index is 1.34. The van der Waals surface area contributed by atoms with Gasteiger partial charge in [0.15, 0.2) is 5.82 Å². The molecule has 194 valence electrons. The third-order valence-corrected chi connectivity index (χ3v) is 8.87. The van der Waals surface area contributed by atoms with Crippen LogP contribution in [0.3, 0.4) is 0 Å². The van der Waals surface area contributed by atoms with Crippen molar-refractivity contribution >= 4 is 28.4 Å². The topological polar surface area (TPSA) is 93.2 Å². The van der Waals surface area contributed by atoms with Gasteiger partial charge in [0, 0.05) is 24.2 Å². The molecule has 7 heteroatoms. The van der Waals surface area contributed by atoms with Gasteiger partial charge in [0.25, 0.3) is 11.5 Å². The lowest BCUT2D eigenvalue weighted by molar-refractivity contribution is 0.0498. The van der Waals surface area contributed by atoms with E-state index in [0.717, 1.165) is 23.9 Å². The molecule has 7 nitrogen and oxygen atoms in total. The molecule has 2 unspecified atom stereocenters. The summed E-state index contributed by atoms with van der Waals surface area (Å²) < 4.78 is 1.98. The summed E-state index contributed by atoms with van der Waals surface area (Å²) in [6, 6.07) is 16.8.